The number of carboxylic acids is 1. The number of benzene rings is 1. The molecule has 1 aliphatic carbocycles. The second kappa shape index (κ2) is 13.5. The number of allylic oxidation sites excluding steroid dienone is 2. The molecule has 0 saturated carbocycles. The van der Waals surface area contributed by atoms with Gasteiger partial charge in [0.15, 0.2) is 11.5 Å². The molecule has 0 radical (unpaired) electrons. The van der Waals surface area contributed by atoms with E-state index < -0.39 is 29.8 Å². The predicted octanol–water partition coefficient (Wildman–Crippen LogP) is 3.62. The summed E-state index contributed by atoms with van der Waals surface area (Å²) in [7, 11) is 3.07. The number of amides is 1. The number of carbonyl (C=O) groups is 2. The minimum absolute atomic E-state index is 0.0331. The maximum Gasteiger partial charge on any atom is 0.303 e. The first kappa shape index (κ1) is 31.9. The third-order valence-electron chi connectivity index (χ3n) is 8.10. The molecule has 230 valence electrons. The molecule has 1 aromatic carbocycles. The average Bonchev–Trinajstić information content (AvgIpc) is 3.06. The molecule has 0 bridgehead atoms. The van der Waals surface area contributed by atoms with E-state index in [4.69, 9.17) is 30.9 Å². The Bertz CT molecular complexity index is 1250. The van der Waals surface area contributed by atoms with Crippen molar-refractivity contribution in [3.05, 3.63) is 52.6 Å². The van der Waals surface area contributed by atoms with Crippen molar-refractivity contribution < 1.29 is 39.1 Å². The van der Waals surface area contributed by atoms with Gasteiger partial charge in [-0.15, -0.1) is 0 Å². The zero-order chi connectivity index (χ0) is 30.6. The number of aliphatic hydroxyl groups is 2. The fraction of sp³-hybridized carbons (Fsp3) is 0.548. The van der Waals surface area contributed by atoms with Crippen LogP contribution in [-0.4, -0.2) is 95.8 Å². The maximum absolute atomic E-state index is 13.6. The Kier molecular flexibility index (Phi) is 10.2. The molecule has 1 saturated heterocycles. The molecule has 2 aliphatic heterocycles. The van der Waals surface area contributed by atoms with Gasteiger partial charge in [0.2, 0.25) is 5.91 Å². The van der Waals surface area contributed by atoms with Crippen LogP contribution in [0, 0.1) is 11.3 Å². The molecule has 10 nitrogen and oxygen atoms in total. The SMILES string of the molecule is COc1cccc(C2=C3C=C(Cl)C=C[C@@H]3N(CC(C)(C)CO)[C@H](O)[C@@H](CC(=O)N3CCC(CC(=O)O)CC3)O2)c1OC. The van der Waals surface area contributed by atoms with Crippen LogP contribution in [-0.2, 0) is 14.3 Å². The lowest BCUT2D eigenvalue weighted by atomic mass is 9.90. The molecule has 11 heteroatoms. The van der Waals surface area contributed by atoms with Crippen molar-refractivity contribution in [2.24, 2.45) is 11.3 Å². The van der Waals surface area contributed by atoms with Crippen molar-refractivity contribution in [2.75, 3.05) is 40.5 Å². The number of aliphatic hydroxyl groups excluding tert-OH is 2. The summed E-state index contributed by atoms with van der Waals surface area (Å²) in [6, 6.07) is 4.92. The molecular weight excluding hydrogens is 564 g/mol. The summed E-state index contributed by atoms with van der Waals surface area (Å²) in [6.45, 7) is 4.88. The van der Waals surface area contributed by atoms with Gasteiger partial charge in [-0.2, -0.15) is 0 Å². The fourth-order valence-electron chi connectivity index (χ4n) is 5.82. The molecular formula is C31H41ClN2O8. The number of hydrogen-bond acceptors (Lipinski definition) is 8. The van der Waals surface area contributed by atoms with Crippen LogP contribution in [0.4, 0.5) is 0 Å². The summed E-state index contributed by atoms with van der Waals surface area (Å²) >= 11 is 6.49. The zero-order valence-electron chi connectivity index (χ0n) is 24.6. The number of ether oxygens (including phenoxy) is 3. The quantitative estimate of drug-likeness (QED) is 0.367. The van der Waals surface area contributed by atoms with Gasteiger partial charge in [-0.05, 0) is 43.0 Å². The molecule has 0 unspecified atom stereocenters. The molecule has 3 aliphatic rings. The van der Waals surface area contributed by atoms with Gasteiger partial charge in [-0.3, -0.25) is 14.5 Å². The van der Waals surface area contributed by atoms with E-state index in [2.05, 4.69) is 0 Å². The highest BCUT2D eigenvalue weighted by atomic mass is 35.5. The Hall–Kier alpha value is -3.05. The third-order valence-corrected chi connectivity index (χ3v) is 8.34. The van der Waals surface area contributed by atoms with Gasteiger partial charge in [-0.25, -0.2) is 0 Å². The van der Waals surface area contributed by atoms with E-state index in [1.807, 2.05) is 37.0 Å². The van der Waals surface area contributed by atoms with Crippen molar-refractivity contribution in [3.8, 4) is 11.5 Å². The van der Waals surface area contributed by atoms with Gasteiger partial charge in [0.05, 0.1) is 32.2 Å². The molecule has 2 heterocycles. The number of likely N-dealkylation sites (tertiary alicyclic amines) is 1. The average molecular weight is 605 g/mol. The van der Waals surface area contributed by atoms with E-state index in [9.17, 15) is 19.8 Å². The Balaban J connectivity index is 1.75. The minimum atomic E-state index is -1.21. The van der Waals surface area contributed by atoms with Crippen LogP contribution in [0.2, 0.25) is 0 Å². The molecule has 1 amide bonds. The first-order chi connectivity index (χ1) is 20.0. The number of para-hydroxylation sites is 1. The van der Waals surface area contributed by atoms with Crippen LogP contribution in [0.15, 0.2) is 47.0 Å². The third kappa shape index (κ3) is 7.11. The second-order valence-corrected chi connectivity index (χ2v) is 12.3. The number of nitrogens with zero attached hydrogens (tertiary/aromatic N) is 2. The van der Waals surface area contributed by atoms with Gasteiger partial charge in [0.25, 0.3) is 0 Å². The number of methoxy groups -OCH3 is 2. The Labute approximate surface area is 251 Å². The van der Waals surface area contributed by atoms with E-state index in [1.54, 1.807) is 30.2 Å². The van der Waals surface area contributed by atoms with Gasteiger partial charge < -0.3 is 34.4 Å². The van der Waals surface area contributed by atoms with Crippen LogP contribution in [0.5, 0.6) is 11.5 Å². The van der Waals surface area contributed by atoms with Gasteiger partial charge in [0.1, 0.15) is 18.1 Å². The summed E-state index contributed by atoms with van der Waals surface area (Å²) in [6.07, 6.45) is 4.41. The first-order valence-electron chi connectivity index (χ1n) is 14.2. The van der Waals surface area contributed by atoms with Crippen molar-refractivity contribution >= 4 is 29.2 Å². The van der Waals surface area contributed by atoms with Crippen molar-refractivity contribution in [3.63, 3.8) is 0 Å². The number of halogens is 1. The van der Waals surface area contributed by atoms with Crippen LogP contribution < -0.4 is 9.47 Å². The lowest BCUT2D eigenvalue weighted by Gasteiger charge is -2.40. The highest BCUT2D eigenvalue weighted by molar-refractivity contribution is 6.31. The Morgan fingerprint density at radius 1 is 1.14 bits per heavy atom. The first-order valence-corrected chi connectivity index (χ1v) is 14.6. The van der Waals surface area contributed by atoms with E-state index in [0.717, 1.165) is 0 Å². The van der Waals surface area contributed by atoms with Crippen LogP contribution in [0.3, 0.4) is 0 Å². The number of hydrogen-bond donors (Lipinski definition) is 3. The lowest BCUT2D eigenvalue weighted by molar-refractivity contribution is -0.142. The number of piperidine rings is 1. The van der Waals surface area contributed by atoms with Gasteiger partial charge >= 0.3 is 5.97 Å². The maximum atomic E-state index is 13.6. The highest BCUT2D eigenvalue weighted by Crippen LogP contribution is 2.43. The molecule has 4 rings (SSSR count). The smallest absolute Gasteiger partial charge is 0.303 e. The number of carbonyl (C=O) groups excluding carboxylic acids is 1. The molecule has 0 aromatic heterocycles. The lowest BCUT2D eigenvalue weighted by Crippen LogP contribution is -2.53. The van der Waals surface area contributed by atoms with Crippen molar-refractivity contribution in [2.45, 2.75) is 57.9 Å². The number of aliphatic carboxylic acids is 1. The van der Waals surface area contributed by atoms with Gasteiger partial charge in [-0.1, -0.05) is 37.6 Å². The Morgan fingerprint density at radius 2 is 1.86 bits per heavy atom. The van der Waals surface area contributed by atoms with Crippen molar-refractivity contribution in [1.29, 1.82) is 0 Å². The topological polar surface area (TPSA) is 129 Å². The van der Waals surface area contributed by atoms with Crippen LogP contribution in [0.25, 0.3) is 5.76 Å². The molecule has 3 atom stereocenters. The van der Waals surface area contributed by atoms with Crippen molar-refractivity contribution in [1.82, 2.24) is 9.80 Å². The molecule has 1 fully saturated rings. The molecule has 42 heavy (non-hydrogen) atoms. The van der Waals surface area contributed by atoms with Crippen LogP contribution >= 0.6 is 11.6 Å². The second-order valence-electron chi connectivity index (χ2n) is 11.8. The number of fused-ring (bicyclic) bond motifs is 1. The minimum Gasteiger partial charge on any atom is -0.493 e. The van der Waals surface area contributed by atoms with E-state index in [-0.39, 0.29) is 31.3 Å². The van der Waals surface area contributed by atoms with Gasteiger partial charge in [0, 0.05) is 48.7 Å². The van der Waals surface area contributed by atoms with E-state index >= 15 is 0 Å². The summed E-state index contributed by atoms with van der Waals surface area (Å²) < 4.78 is 17.9. The summed E-state index contributed by atoms with van der Waals surface area (Å²) in [4.78, 5) is 28.3. The zero-order valence-corrected chi connectivity index (χ0v) is 25.3. The summed E-state index contributed by atoms with van der Waals surface area (Å²) in [5.74, 6) is 0.337. The largest absolute Gasteiger partial charge is 0.493 e. The summed E-state index contributed by atoms with van der Waals surface area (Å²) in [5, 5.41) is 31.6. The highest BCUT2D eigenvalue weighted by Gasteiger charge is 2.43. The number of carboxylic acid groups (broad SMARTS) is 1. The monoisotopic (exact) mass is 604 g/mol. The van der Waals surface area contributed by atoms with Crippen LogP contribution in [0.1, 0.15) is 45.1 Å². The Morgan fingerprint density at radius 3 is 2.48 bits per heavy atom. The normalized spacial score (nSPS) is 23.5. The summed E-state index contributed by atoms with van der Waals surface area (Å²) in [5.41, 5.74) is 0.672. The molecule has 3 N–H and O–H groups in total. The van der Waals surface area contributed by atoms with E-state index in [0.29, 0.717) is 65.9 Å². The fourth-order valence-corrected chi connectivity index (χ4v) is 6.01. The van der Waals surface area contributed by atoms with E-state index in [1.165, 1.54) is 7.11 Å². The standard InChI is InChI=1S/C31H41ClN2O8/c1-31(2,18-35)17-34-23-9-8-20(32)15-22(23)28(21-6-5-7-24(40-3)29(21)41-4)42-25(30(34)39)16-26(36)33-12-10-19(11-13-33)14-27(37)38/h5-9,15,19,23,25,30,35,39H,10-14,16-18H2,1-4H3,(H,37,38)/t23-,25+,30+/m0/s1. The number of rotatable bonds is 10. The predicted molar refractivity (Wildman–Crippen MR) is 158 cm³/mol. The molecule has 0 spiro atoms. The molecule has 1 aromatic rings.